The van der Waals surface area contributed by atoms with E-state index in [1.807, 2.05) is 36.1 Å². The molecule has 32 heavy (non-hydrogen) atoms. The molecule has 2 aromatic carbocycles. The number of rotatable bonds is 4. The Morgan fingerprint density at radius 1 is 1.06 bits per heavy atom. The molecule has 1 aliphatic heterocycles. The normalized spacial score (nSPS) is 13.8. The molecule has 2 amide bonds. The highest BCUT2D eigenvalue weighted by atomic mass is 16.6. The fraction of sp³-hybridized carbons (Fsp3) is 0.261. The van der Waals surface area contributed by atoms with Gasteiger partial charge in [0.25, 0.3) is 11.6 Å². The summed E-state index contributed by atoms with van der Waals surface area (Å²) >= 11 is 0. The molecule has 1 fully saturated rings. The first-order chi connectivity index (χ1) is 15.3. The second-order valence-corrected chi connectivity index (χ2v) is 7.74. The van der Waals surface area contributed by atoms with E-state index in [4.69, 9.17) is 0 Å². The highest BCUT2D eigenvalue weighted by Crippen LogP contribution is 2.31. The van der Waals surface area contributed by atoms with Crippen LogP contribution in [-0.2, 0) is 4.79 Å². The third-order valence-corrected chi connectivity index (χ3v) is 5.61. The van der Waals surface area contributed by atoms with E-state index in [0.29, 0.717) is 43.1 Å². The van der Waals surface area contributed by atoms with Crippen LogP contribution in [0.1, 0.15) is 23.0 Å². The highest BCUT2D eigenvalue weighted by Gasteiger charge is 2.26. The van der Waals surface area contributed by atoms with Gasteiger partial charge in [-0.15, -0.1) is 0 Å². The lowest BCUT2D eigenvalue weighted by Crippen LogP contribution is -2.48. The van der Waals surface area contributed by atoms with Gasteiger partial charge in [-0.1, -0.05) is 18.2 Å². The second kappa shape index (κ2) is 8.62. The predicted molar refractivity (Wildman–Crippen MR) is 122 cm³/mol. The SMILES string of the molecule is CC(=O)N1CCN(c2ccc(C(=O)Nc3cccc4ccc(C)nc34)cc2[N+](=O)[O-])CC1. The summed E-state index contributed by atoms with van der Waals surface area (Å²) in [6.07, 6.45) is 0. The minimum atomic E-state index is -0.480. The average Bonchev–Trinajstić information content (AvgIpc) is 2.79. The zero-order chi connectivity index (χ0) is 22.8. The molecule has 9 nitrogen and oxygen atoms in total. The van der Waals surface area contributed by atoms with Crippen molar-refractivity contribution in [1.29, 1.82) is 0 Å². The molecular formula is C23H23N5O4. The molecule has 0 unspecified atom stereocenters. The zero-order valence-corrected chi connectivity index (χ0v) is 17.9. The number of anilines is 2. The van der Waals surface area contributed by atoms with Crippen molar-refractivity contribution in [2.24, 2.45) is 0 Å². The van der Waals surface area contributed by atoms with Crippen molar-refractivity contribution in [2.75, 3.05) is 36.4 Å². The first kappa shape index (κ1) is 21.2. The number of aromatic nitrogens is 1. The Kier molecular flexibility index (Phi) is 5.72. The second-order valence-electron chi connectivity index (χ2n) is 7.74. The predicted octanol–water partition coefficient (Wildman–Crippen LogP) is 3.37. The third-order valence-electron chi connectivity index (χ3n) is 5.61. The molecule has 1 aliphatic rings. The summed E-state index contributed by atoms with van der Waals surface area (Å²) in [6, 6.07) is 13.8. The van der Waals surface area contributed by atoms with Crippen LogP contribution >= 0.6 is 0 Å². The van der Waals surface area contributed by atoms with Crippen LogP contribution in [0.3, 0.4) is 0 Å². The van der Waals surface area contributed by atoms with Crippen molar-refractivity contribution >= 4 is 39.8 Å². The van der Waals surface area contributed by atoms with Crippen molar-refractivity contribution in [3.8, 4) is 0 Å². The van der Waals surface area contributed by atoms with Gasteiger partial charge in [-0.05, 0) is 31.2 Å². The molecule has 164 valence electrons. The molecule has 0 radical (unpaired) electrons. The number of fused-ring (bicyclic) bond motifs is 1. The minimum Gasteiger partial charge on any atom is -0.362 e. The standard InChI is InChI=1S/C23H23N5O4/c1-15-6-7-17-4-3-5-19(22(17)24-15)25-23(30)18-8-9-20(21(14-18)28(31)32)27-12-10-26(11-13-27)16(2)29/h3-9,14H,10-13H2,1-2H3,(H,25,30). The number of nitro benzene ring substituents is 1. The van der Waals surface area contributed by atoms with Crippen LogP contribution in [0.5, 0.6) is 0 Å². The number of nitro groups is 1. The van der Waals surface area contributed by atoms with Gasteiger partial charge in [0.05, 0.1) is 16.1 Å². The van der Waals surface area contributed by atoms with Crippen molar-refractivity contribution < 1.29 is 14.5 Å². The molecule has 0 bridgehead atoms. The Hall–Kier alpha value is -4.01. The molecule has 1 aromatic heterocycles. The van der Waals surface area contributed by atoms with E-state index in [-0.39, 0.29) is 17.2 Å². The summed E-state index contributed by atoms with van der Waals surface area (Å²) in [7, 11) is 0. The Bertz CT molecular complexity index is 1220. The minimum absolute atomic E-state index is 0.00992. The van der Waals surface area contributed by atoms with Gasteiger partial charge in [0.15, 0.2) is 0 Å². The van der Waals surface area contributed by atoms with Crippen LogP contribution in [0, 0.1) is 17.0 Å². The quantitative estimate of drug-likeness (QED) is 0.499. The number of hydrogen-bond donors (Lipinski definition) is 1. The van der Waals surface area contributed by atoms with Gasteiger partial charge in [-0.25, -0.2) is 0 Å². The zero-order valence-electron chi connectivity index (χ0n) is 17.9. The Balaban J connectivity index is 1.59. The summed E-state index contributed by atoms with van der Waals surface area (Å²) in [5.74, 6) is -0.457. The summed E-state index contributed by atoms with van der Waals surface area (Å²) < 4.78 is 0. The lowest BCUT2D eigenvalue weighted by molar-refractivity contribution is -0.384. The number of carbonyl (C=O) groups excluding carboxylic acids is 2. The maximum Gasteiger partial charge on any atom is 0.293 e. The molecule has 0 saturated carbocycles. The number of nitrogens with one attached hydrogen (secondary N) is 1. The maximum absolute atomic E-state index is 12.9. The fourth-order valence-corrected chi connectivity index (χ4v) is 3.88. The van der Waals surface area contributed by atoms with Crippen molar-refractivity contribution in [3.05, 3.63) is 69.9 Å². The van der Waals surface area contributed by atoms with E-state index < -0.39 is 10.8 Å². The fourth-order valence-electron chi connectivity index (χ4n) is 3.88. The number of amides is 2. The molecule has 3 aromatic rings. The van der Waals surface area contributed by atoms with E-state index >= 15 is 0 Å². The highest BCUT2D eigenvalue weighted by molar-refractivity contribution is 6.08. The molecular weight excluding hydrogens is 410 g/mol. The van der Waals surface area contributed by atoms with Gasteiger partial charge in [-0.3, -0.25) is 24.7 Å². The summed E-state index contributed by atoms with van der Waals surface area (Å²) in [6.45, 7) is 5.37. The van der Waals surface area contributed by atoms with Crippen LogP contribution in [0.4, 0.5) is 17.1 Å². The molecule has 4 rings (SSSR count). The van der Waals surface area contributed by atoms with Crippen molar-refractivity contribution in [3.63, 3.8) is 0 Å². The average molecular weight is 433 g/mol. The van der Waals surface area contributed by atoms with Gasteiger partial charge in [-0.2, -0.15) is 0 Å². The number of benzene rings is 2. The number of piperazine rings is 1. The van der Waals surface area contributed by atoms with E-state index in [2.05, 4.69) is 10.3 Å². The Labute approximate surface area is 184 Å². The summed E-state index contributed by atoms with van der Waals surface area (Å²) in [4.78, 5) is 43.8. The monoisotopic (exact) mass is 433 g/mol. The molecule has 0 spiro atoms. The van der Waals surface area contributed by atoms with Gasteiger partial charge < -0.3 is 15.1 Å². The van der Waals surface area contributed by atoms with E-state index in [1.54, 1.807) is 23.1 Å². The van der Waals surface area contributed by atoms with Crippen LogP contribution in [0.25, 0.3) is 10.9 Å². The van der Waals surface area contributed by atoms with Gasteiger partial charge >= 0.3 is 0 Å². The lowest BCUT2D eigenvalue weighted by atomic mass is 10.1. The number of carbonyl (C=O) groups is 2. The van der Waals surface area contributed by atoms with Crippen LogP contribution in [-0.4, -0.2) is 52.8 Å². The summed E-state index contributed by atoms with van der Waals surface area (Å²) in [5, 5.41) is 15.5. The third kappa shape index (κ3) is 4.22. The number of pyridine rings is 1. The van der Waals surface area contributed by atoms with E-state index in [9.17, 15) is 19.7 Å². The Morgan fingerprint density at radius 2 is 1.81 bits per heavy atom. The van der Waals surface area contributed by atoms with Crippen LogP contribution < -0.4 is 10.2 Å². The molecule has 0 atom stereocenters. The molecule has 2 heterocycles. The number of aryl methyl sites for hydroxylation is 1. The lowest BCUT2D eigenvalue weighted by Gasteiger charge is -2.35. The maximum atomic E-state index is 12.9. The van der Waals surface area contributed by atoms with Gasteiger partial charge in [0.2, 0.25) is 5.91 Å². The molecule has 1 N–H and O–H groups in total. The van der Waals surface area contributed by atoms with E-state index in [1.165, 1.54) is 13.0 Å². The molecule has 9 heteroatoms. The topological polar surface area (TPSA) is 109 Å². The first-order valence-electron chi connectivity index (χ1n) is 10.3. The summed E-state index contributed by atoms with van der Waals surface area (Å²) in [5.41, 5.74) is 2.52. The molecule has 0 aliphatic carbocycles. The van der Waals surface area contributed by atoms with E-state index in [0.717, 1.165) is 11.1 Å². The Morgan fingerprint density at radius 3 is 2.50 bits per heavy atom. The van der Waals surface area contributed by atoms with Gasteiger partial charge in [0, 0.05) is 55.8 Å². The van der Waals surface area contributed by atoms with Crippen LogP contribution in [0.15, 0.2) is 48.5 Å². The number of hydrogen-bond acceptors (Lipinski definition) is 6. The molecule has 1 saturated heterocycles. The smallest absolute Gasteiger partial charge is 0.293 e. The largest absolute Gasteiger partial charge is 0.362 e. The van der Waals surface area contributed by atoms with Crippen LogP contribution in [0.2, 0.25) is 0 Å². The number of para-hydroxylation sites is 1. The van der Waals surface area contributed by atoms with Gasteiger partial charge in [0.1, 0.15) is 5.69 Å². The van der Waals surface area contributed by atoms with Crippen molar-refractivity contribution in [2.45, 2.75) is 13.8 Å². The first-order valence-corrected chi connectivity index (χ1v) is 10.3. The van der Waals surface area contributed by atoms with Crippen molar-refractivity contribution in [1.82, 2.24) is 9.88 Å². The number of nitrogens with zero attached hydrogens (tertiary/aromatic N) is 4.